The minimum absolute atomic E-state index is 0.0723. The fraction of sp³-hybridized carbons (Fsp3) is 0.227. The van der Waals surface area contributed by atoms with Crippen molar-refractivity contribution in [3.8, 4) is 17.3 Å². The van der Waals surface area contributed by atoms with Crippen LogP contribution in [0.1, 0.15) is 19.4 Å². The normalized spacial score (nSPS) is 12.4. The van der Waals surface area contributed by atoms with Crippen LogP contribution in [0.2, 0.25) is 0 Å². The van der Waals surface area contributed by atoms with Gasteiger partial charge in [-0.2, -0.15) is 0 Å². The predicted molar refractivity (Wildman–Crippen MR) is 125 cm³/mol. The average molecular weight is 504 g/mol. The highest BCUT2D eigenvalue weighted by molar-refractivity contribution is 7.91. The van der Waals surface area contributed by atoms with Gasteiger partial charge in [-0.25, -0.2) is 35.9 Å². The summed E-state index contributed by atoms with van der Waals surface area (Å²) in [6.45, 7) is 3.65. The second kappa shape index (κ2) is 8.85. The predicted octanol–water partition coefficient (Wildman–Crippen LogP) is 2.89. The number of sulfonamides is 1. The Balaban J connectivity index is 2.12. The molecule has 3 aromatic heterocycles. The molecular formula is C22H22FN5O4S2. The SMILES string of the molecule is CCNS(=O)(=O)c1ccc(-c2c(S(C)(=O)=O)c3cc(F)c(CC)cc3n2-c2ncccn2)nc1. The van der Waals surface area contributed by atoms with E-state index in [1.54, 1.807) is 26.0 Å². The quantitative estimate of drug-likeness (QED) is 0.411. The van der Waals surface area contributed by atoms with E-state index in [4.69, 9.17) is 0 Å². The number of nitrogens with zero attached hydrogens (tertiary/aromatic N) is 4. The first-order chi connectivity index (χ1) is 16.1. The topological polar surface area (TPSA) is 124 Å². The first-order valence-corrected chi connectivity index (χ1v) is 13.8. The summed E-state index contributed by atoms with van der Waals surface area (Å²) in [4.78, 5) is 12.6. The van der Waals surface area contributed by atoms with Crippen LogP contribution in [-0.4, -0.2) is 49.2 Å². The van der Waals surface area contributed by atoms with E-state index < -0.39 is 25.7 Å². The number of halogens is 1. The van der Waals surface area contributed by atoms with E-state index in [1.165, 1.54) is 35.2 Å². The Bertz CT molecular complexity index is 1580. The van der Waals surface area contributed by atoms with Gasteiger partial charge < -0.3 is 0 Å². The minimum atomic E-state index is -3.89. The van der Waals surface area contributed by atoms with E-state index >= 15 is 0 Å². The molecule has 0 fully saturated rings. The van der Waals surface area contributed by atoms with Crippen molar-refractivity contribution in [1.82, 2.24) is 24.2 Å². The summed E-state index contributed by atoms with van der Waals surface area (Å²) in [7, 11) is -7.65. The molecule has 0 saturated heterocycles. The number of fused-ring (bicyclic) bond motifs is 1. The van der Waals surface area contributed by atoms with E-state index in [2.05, 4.69) is 19.7 Å². The molecule has 1 aromatic carbocycles. The molecule has 1 N–H and O–H groups in total. The Morgan fingerprint density at radius 1 is 1.03 bits per heavy atom. The third kappa shape index (κ3) is 4.19. The Morgan fingerprint density at radius 3 is 2.29 bits per heavy atom. The summed E-state index contributed by atoms with van der Waals surface area (Å²) in [6.07, 6.45) is 5.56. The van der Waals surface area contributed by atoms with Gasteiger partial charge in [0.15, 0.2) is 9.84 Å². The van der Waals surface area contributed by atoms with E-state index in [9.17, 15) is 21.2 Å². The van der Waals surface area contributed by atoms with Crippen molar-refractivity contribution in [2.45, 2.75) is 30.1 Å². The highest BCUT2D eigenvalue weighted by atomic mass is 32.2. The fourth-order valence-electron chi connectivity index (χ4n) is 3.77. The van der Waals surface area contributed by atoms with E-state index in [0.29, 0.717) is 17.5 Å². The number of aromatic nitrogens is 4. The molecule has 0 aliphatic heterocycles. The third-order valence-corrected chi connectivity index (χ3v) is 7.90. The summed E-state index contributed by atoms with van der Waals surface area (Å²) in [6, 6.07) is 7.12. The van der Waals surface area contributed by atoms with Crippen molar-refractivity contribution in [2.75, 3.05) is 12.8 Å². The molecule has 0 radical (unpaired) electrons. The maximum atomic E-state index is 14.8. The second-order valence-corrected chi connectivity index (χ2v) is 11.2. The molecule has 0 bridgehead atoms. The van der Waals surface area contributed by atoms with Gasteiger partial charge in [0, 0.05) is 36.8 Å². The lowest BCUT2D eigenvalue weighted by atomic mass is 10.1. The molecule has 12 heteroatoms. The van der Waals surface area contributed by atoms with E-state index in [0.717, 1.165) is 12.5 Å². The lowest BCUT2D eigenvalue weighted by Gasteiger charge is -2.11. The van der Waals surface area contributed by atoms with Crippen LogP contribution >= 0.6 is 0 Å². The molecule has 9 nitrogen and oxygen atoms in total. The molecule has 0 spiro atoms. The number of rotatable bonds is 7. The van der Waals surface area contributed by atoms with Crippen LogP contribution in [0, 0.1) is 5.82 Å². The molecule has 34 heavy (non-hydrogen) atoms. The zero-order valence-corrected chi connectivity index (χ0v) is 20.3. The van der Waals surface area contributed by atoms with Crippen molar-refractivity contribution in [2.24, 2.45) is 0 Å². The monoisotopic (exact) mass is 503 g/mol. The van der Waals surface area contributed by atoms with Crippen LogP contribution in [-0.2, 0) is 26.3 Å². The van der Waals surface area contributed by atoms with Crippen molar-refractivity contribution >= 4 is 30.8 Å². The standard InChI is InChI=1S/C22H22FN5O4S2/c1-4-14-11-19-16(12-17(14)23)21(33(3,29)30)20(28(19)22-24-9-6-10-25-22)18-8-7-15(13-26-18)34(31,32)27-5-2/h6-13,27H,4-5H2,1-3H3. The fourth-order valence-corrected chi connectivity index (χ4v) is 5.86. The van der Waals surface area contributed by atoms with Gasteiger partial charge in [0.05, 0.1) is 16.9 Å². The summed E-state index contributed by atoms with van der Waals surface area (Å²) >= 11 is 0. The lowest BCUT2D eigenvalue weighted by Crippen LogP contribution is -2.23. The van der Waals surface area contributed by atoms with Crippen LogP contribution < -0.4 is 4.72 Å². The van der Waals surface area contributed by atoms with Gasteiger partial charge in [-0.15, -0.1) is 0 Å². The Kier molecular flexibility index (Phi) is 6.23. The molecule has 4 aromatic rings. The number of hydrogen-bond donors (Lipinski definition) is 1. The summed E-state index contributed by atoms with van der Waals surface area (Å²) in [5, 5.41) is 0.158. The number of sulfone groups is 1. The number of aryl methyl sites for hydroxylation is 1. The van der Waals surface area contributed by atoms with Crippen LogP contribution in [0.25, 0.3) is 28.2 Å². The zero-order chi connectivity index (χ0) is 24.7. The molecule has 178 valence electrons. The molecule has 3 heterocycles. The molecule has 4 rings (SSSR count). The summed E-state index contributed by atoms with van der Waals surface area (Å²) in [5.74, 6) is -0.366. The number of pyridine rings is 1. The number of benzene rings is 1. The Labute approximate surface area is 196 Å². The molecule has 0 amide bonds. The van der Waals surface area contributed by atoms with Crippen LogP contribution in [0.15, 0.2) is 58.7 Å². The highest BCUT2D eigenvalue weighted by Crippen LogP contribution is 2.39. The molecule has 0 aliphatic carbocycles. The van der Waals surface area contributed by atoms with Crippen molar-refractivity contribution in [1.29, 1.82) is 0 Å². The first kappa shape index (κ1) is 23.9. The Hall–Kier alpha value is -3.22. The lowest BCUT2D eigenvalue weighted by molar-refractivity contribution is 0.583. The smallest absolute Gasteiger partial charge is 0.242 e. The maximum Gasteiger partial charge on any atom is 0.242 e. The Morgan fingerprint density at radius 2 is 1.74 bits per heavy atom. The third-order valence-electron chi connectivity index (χ3n) is 5.22. The maximum absolute atomic E-state index is 14.8. The second-order valence-electron chi connectivity index (χ2n) is 7.53. The van der Waals surface area contributed by atoms with Gasteiger partial charge in [-0.3, -0.25) is 9.55 Å². The summed E-state index contributed by atoms with van der Waals surface area (Å²) < 4.78 is 69.2. The molecular weight excluding hydrogens is 481 g/mol. The number of hydrogen-bond acceptors (Lipinski definition) is 7. The minimum Gasteiger partial charge on any atom is -0.275 e. The highest BCUT2D eigenvalue weighted by Gasteiger charge is 2.29. The van der Waals surface area contributed by atoms with E-state index in [1.807, 2.05) is 0 Å². The van der Waals surface area contributed by atoms with Gasteiger partial charge in [-0.05, 0) is 42.3 Å². The molecule has 0 saturated carbocycles. The van der Waals surface area contributed by atoms with Crippen molar-refractivity contribution < 1.29 is 21.2 Å². The van der Waals surface area contributed by atoms with Gasteiger partial charge in [-0.1, -0.05) is 13.8 Å². The zero-order valence-electron chi connectivity index (χ0n) is 18.6. The largest absolute Gasteiger partial charge is 0.275 e. The average Bonchev–Trinajstić information content (AvgIpc) is 3.13. The first-order valence-electron chi connectivity index (χ1n) is 10.4. The van der Waals surface area contributed by atoms with Crippen molar-refractivity contribution in [3.63, 3.8) is 0 Å². The number of nitrogens with one attached hydrogen (secondary N) is 1. The van der Waals surface area contributed by atoms with Gasteiger partial charge in [0.1, 0.15) is 15.6 Å². The van der Waals surface area contributed by atoms with Gasteiger partial charge in [0.2, 0.25) is 16.0 Å². The van der Waals surface area contributed by atoms with Gasteiger partial charge >= 0.3 is 0 Å². The van der Waals surface area contributed by atoms with Crippen LogP contribution in [0.3, 0.4) is 0 Å². The van der Waals surface area contributed by atoms with E-state index in [-0.39, 0.29) is 39.1 Å². The van der Waals surface area contributed by atoms with Crippen LogP contribution in [0.4, 0.5) is 4.39 Å². The molecule has 0 unspecified atom stereocenters. The molecule has 0 atom stereocenters. The summed E-state index contributed by atoms with van der Waals surface area (Å²) in [5.41, 5.74) is 1.07. The molecule has 0 aliphatic rings. The van der Waals surface area contributed by atoms with Crippen molar-refractivity contribution in [3.05, 3.63) is 60.3 Å². The van der Waals surface area contributed by atoms with Crippen LogP contribution in [0.5, 0.6) is 0 Å². The van der Waals surface area contributed by atoms with Gasteiger partial charge in [0.25, 0.3) is 0 Å².